The minimum absolute atomic E-state index is 0.0169. The molecule has 0 bridgehead atoms. The third-order valence-corrected chi connectivity index (χ3v) is 6.95. The van der Waals surface area contributed by atoms with Crippen LogP contribution in [0.3, 0.4) is 0 Å². The number of halogens is 3. The molecule has 202 valence electrons. The van der Waals surface area contributed by atoms with Crippen LogP contribution in [-0.4, -0.2) is 46.4 Å². The van der Waals surface area contributed by atoms with Gasteiger partial charge in [-0.2, -0.15) is 13.2 Å². The molecule has 12 heteroatoms. The standard InChI is InChI=1S/C26H27F3N4O4S/c27-26(28,29)17-6-3-7-18(14-17)31-23(35)16-38-25-32-21-10-2-1-9-20(21)24(36)33(25)12-4-11-22(34)30-15-19-8-5-13-37-19/h1-3,6-7,9-10,14,19H,4-5,8,11-13,15-16H2,(H,30,34)(H,31,35)/t19-/m0/s1. The third-order valence-electron chi connectivity index (χ3n) is 5.97. The second kappa shape index (κ2) is 12.4. The number of para-hydroxylation sites is 1. The molecular formula is C26H27F3N4O4S. The fourth-order valence-corrected chi connectivity index (χ4v) is 4.90. The molecule has 0 aliphatic carbocycles. The Hall–Kier alpha value is -3.38. The summed E-state index contributed by atoms with van der Waals surface area (Å²) in [5, 5.41) is 6.00. The van der Waals surface area contributed by atoms with E-state index in [1.165, 1.54) is 16.7 Å². The van der Waals surface area contributed by atoms with Gasteiger partial charge in [0.05, 0.1) is 28.3 Å². The Kier molecular flexibility index (Phi) is 9.05. The maximum atomic E-state index is 13.2. The van der Waals surface area contributed by atoms with E-state index in [2.05, 4.69) is 15.6 Å². The Morgan fingerprint density at radius 1 is 1.13 bits per heavy atom. The van der Waals surface area contributed by atoms with Crippen LogP contribution in [0.25, 0.3) is 10.9 Å². The van der Waals surface area contributed by atoms with Gasteiger partial charge in [0, 0.05) is 31.8 Å². The van der Waals surface area contributed by atoms with Crippen molar-refractivity contribution >= 4 is 40.2 Å². The van der Waals surface area contributed by atoms with Gasteiger partial charge in [-0.1, -0.05) is 30.0 Å². The molecule has 1 fully saturated rings. The molecule has 3 aromatic rings. The highest BCUT2D eigenvalue weighted by molar-refractivity contribution is 7.99. The summed E-state index contributed by atoms with van der Waals surface area (Å²) in [7, 11) is 0. The molecule has 1 aliphatic rings. The van der Waals surface area contributed by atoms with Crippen molar-refractivity contribution in [1.29, 1.82) is 0 Å². The number of carbonyl (C=O) groups is 2. The zero-order chi connectivity index (χ0) is 27.1. The van der Waals surface area contributed by atoms with E-state index in [0.29, 0.717) is 30.5 Å². The number of hydrogen-bond donors (Lipinski definition) is 2. The second-order valence-corrected chi connectivity index (χ2v) is 9.77. The summed E-state index contributed by atoms with van der Waals surface area (Å²) in [6.07, 6.45) is -2.01. The average Bonchev–Trinajstić information content (AvgIpc) is 3.41. The molecule has 1 saturated heterocycles. The summed E-state index contributed by atoms with van der Waals surface area (Å²) in [5.41, 5.74) is -0.684. The number of hydrogen-bond acceptors (Lipinski definition) is 6. The van der Waals surface area contributed by atoms with Crippen molar-refractivity contribution < 1.29 is 27.5 Å². The number of anilines is 1. The highest BCUT2D eigenvalue weighted by Crippen LogP contribution is 2.30. The molecule has 0 saturated carbocycles. The van der Waals surface area contributed by atoms with Gasteiger partial charge in [-0.05, 0) is 49.6 Å². The summed E-state index contributed by atoms with van der Waals surface area (Å²) < 4.78 is 45.8. The van der Waals surface area contributed by atoms with Gasteiger partial charge in [0.2, 0.25) is 11.8 Å². The van der Waals surface area contributed by atoms with Crippen molar-refractivity contribution in [2.75, 3.05) is 24.2 Å². The first kappa shape index (κ1) is 27.6. The number of rotatable bonds is 10. The maximum absolute atomic E-state index is 13.2. The van der Waals surface area contributed by atoms with Crippen molar-refractivity contribution in [1.82, 2.24) is 14.9 Å². The van der Waals surface area contributed by atoms with Gasteiger partial charge < -0.3 is 15.4 Å². The molecule has 38 heavy (non-hydrogen) atoms. The van der Waals surface area contributed by atoms with Crippen LogP contribution in [0.4, 0.5) is 18.9 Å². The lowest BCUT2D eigenvalue weighted by Gasteiger charge is -2.14. The molecule has 0 unspecified atom stereocenters. The van der Waals surface area contributed by atoms with E-state index in [1.54, 1.807) is 24.3 Å². The van der Waals surface area contributed by atoms with Gasteiger partial charge in [0.15, 0.2) is 5.16 Å². The lowest BCUT2D eigenvalue weighted by atomic mass is 10.2. The number of nitrogens with zero attached hydrogens (tertiary/aromatic N) is 2. The van der Waals surface area contributed by atoms with E-state index < -0.39 is 17.6 Å². The lowest BCUT2D eigenvalue weighted by Crippen LogP contribution is -2.32. The zero-order valence-electron chi connectivity index (χ0n) is 20.4. The highest BCUT2D eigenvalue weighted by Gasteiger charge is 2.30. The van der Waals surface area contributed by atoms with E-state index in [4.69, 9.17) is 4.74 Å². The van der Waals surface area contributed by atoms with E-state index in [-0.39, 0.29) is 47.1 Å². The topological polar surface area (TPSA) is 102 Å². The molecule has 1 aromatic heterocycles. The van der Waals surface area contributed by atoms with Gasteiger partial charge in [-0.25, -0.2) is 4.98 Å². The summed E-state index contributed by atoms with van der Waals surface area (Å²) in [5.74, 6) is -0.864. The van der Waals surface area contributed by atoms with E-state index in [0.717, 1.165) is 36.7 Å². The number of fused-ring (bicyclic) bond motifs is 1. The van der Waals surface area contributed by atoms with Crippen LogP contribution in [0.5, 0.6) is 0 Å². The van der Waals surface area contributed by atoms with E-state index >= 15 is 0 Å². The van der Waals surface area contributed by atoms with Gasteiger partial charge in [-0.15, -0.1) is 0 Å². The summed E-state index contributed by atoms with van der Waals surface area (Å²) >= 11 is 1.000. The van der Waals surface area contributed by atoms with Crippen LogP contribution in [0.15, 0.2) is 58.5 Å². The maximum Gasteiger partial charge on any atom is 0.416 e. The average molecular weight is 549 g/mol. The normalized spacial score (nSPS) is 15.5. The fraction of sp³-hybridized carbons (Fsp3) is 0.385. The van der Waals surface area contributed by atoms with E-state index in [1.807, 2.05) is 0 Å². The van der Waals surface area contributed by atoms with Crippen LogP contribution in [0, 0.1) is 0 Å². The van der Waals surface area contributed by atoms with Crippen LogP contribution >= 0.6 is 11.8 Å². The summed E-state index contributed by atoms with van der Waals surface area (Å²) in [4.78, 5) is 42.5. The molecule has 8 nitrogen and oxygen atoms in total. The van der Waals surface area contributed by atoms with Crippen LogP contribution < -0.4 is 16.2 Å². The molecule has 2 N–H and O–H groups in total. The minimum Gasteiger partial charge on any atom is -0.376 e. The second-order valence-electron chi connectivity index (χ2n) is 8.83. The Balaban J connectivity index is 1.41. The molecule has 2 heterocycles. The Morgan fingerprint density at radius 2 is 1.95 bits per heavy atom. The predicted octanol–water partition coefficient (Wildman–Crippen LogP) is 4.22. The Bertz CT molecular complexity index is 1360. The molecule has 1 aliphatic heterocycles. The van der Waals surface area contributed by atoms with Gasteiger partial charge in [0.1, 0.15) is 0 Å². The number of amides is 2. The number of carbonyl (C=O) groups excluding carboxylic acids is 2. The zero-order valence-corrected chi connectivity index (χ0v) is 21.2. The largest absolute Gasteiger partial charge is 0.416 e. The van der Waals surface area contributed by atoms with Crippen molar-refractivity contribution in [3.63, 3.8) is 0 Å². The summed E-state index contributed by atoms with van der Waals surface area (Å²) in [6, 6.07) is 11.2. The number of benzene rings is 2. The van der Waals surface area contributed by atoms with Gasteiger partial charge >= 0.3 is 6.18 Å². The smallest absolute Gasteiger partial charge is 0.376 e. The lowest BCUT2D eigenvalue weighted by molar-refractivity contribution is -0.137. The molecule has 0 radical (unpaired) electrons. The predicted molar refractivity (Wildman–Crippen MR) is 138 cm³/mol. The number of alkyl halides is 3. The van der Waals surface area contributed by atoms with Crippen LogP contribution in [0.2, 0.25) is 0 Å². The van der Waals surface area contributed by atoms with Crippen molar-refractivity contribution in [2.24, 2.45) is 0 Å². The van der Waals surface area contributed by atoms with E-state index in [9.17, 15) is 27.6 Å². The number of nitrogens with one attached hydrogen (secondary N) is 2. The number of thioether (sulfide) groups is 1. The molecule has 2 aromatic carbocycles. The van der Waals surface area contributed by atoms with Crippen LogP contribution in [0.1, 0.15) is 31.2 Å². The fourth-order valence-electron chi connectivity index (χ4n) is 4.07. The molecule has 2 amide bonds. The highest BCUT2D eigenvalue weighted by atomic mass is 32.2. The van der Waals surface area contributed by atoms with Crippen molar-refractivity contribution in [3.05, 3.63) is 64.4 Å². The van der Waals surface area contributed by atoms with Gasteiger partial charge in [0.25, 0.3) is 5.56 Å². The third kappa shape index (κ3) is 7.35. The van der Waals surface area contributed by atoms with Crippen LogP contribution in [-0.2, 0) is 27.0 Å². The first-order chi connectivity index (χ1) is 18.2. The first-order valence-corrected chi connectivity index (χ1v) is 13.2. The molecular weight excluding hydrogens is 521 g/mol. The molecule has 1 atom stereocenters. The van der Waals surface area contributed by atoms with Crippen molar-refractivity contribution in [2.45, 2.75) is 49.7 Å². The minimum atomic E-state index is -4.53. The molecule has 4 rings (SSSR count). The summed E-state index contributed by atoms with van der Waals surface area (Å²) in [6.45, 7) is 1.37. The Morgan fingerprint density at radius 3 is 2.71 bits per heavy atom. The Labute approximate surface area is 221 Å². The number of aromatic nitrogens is 2. The SMILES string of the molecule is O=C(CCCn1c(SCC(=O)Nc2cccc(C(F)(F)F)c2)nc2ccccc2c1=O)NC[C@@H]1CCCO1. The number of ether oxygens (including phenoxy) is 1. The first-order valence-electron chi connectivity index (χ1n) is 12.2. The van der Waals surface area contributed by atoms with Crippen molar-refractivity contribution in [3.8, 4) is 0 Å². The molecule has 0 spiro atoms. The monoisotopic (exact) mass is 548 g/mol. The van der Waals surface area contributed by atoms with Gasteiger partial charge in [-0.3, -0.25) is 19.0 Å². The quantitative estimate of drug-likeness (QED) is 0.291.